The summed E-state index contributed by atoms with van der Waals surface area (Å²) in [7, 11) is -3.82. The quantitative estimate of drug-likeness (QED) is 0.827. The molecule has 0 aliphatic rings. The molecule has 2 aromatic rings. The van der Waals surface area contributed by atoms with Crippen molar-refractivity contribution in [3.63, 3.8) is 0 Å². The van der Waals surface area contributed by atoms with Gasteiger partial charge in [-0.25, -0.2) is 8.42 Å². The Morgan fingerprint density at radius 1 is 1.30 bits per heavy atom. The number of nitrogens with zero attached hydrogens (tertiary/aromatic N) is 1. The van der Waals surface area contributed by atoms with E-state index in [1.54, 1.807) is 24.5 Å². The van der Waals surface area contributed by atoms with Gasteiger partial charge in [0.25, 0.3) is 0 Å². The molecular formula is C15H16ClN3O3S. The third-order valence-electron chi connectivity index (χ3n) is 3.02. The Morgan fingerprint density at radius 3 is 2.74 bits per heavy atom. The summed E-state index contributed by atoms with van der Waals surface area (Å²) in [5, 5.41) is 2.96. The van der Waals surface area contributed by atoms with E-state index in [1.807, 2.05) is 6.07 Å². The number of hydrogen-bond donors (Lipinski definition) is 2. The summed E-state index contributed by atoms with van der Waals surface area (Å²) >= 11 is 5.79. The molecule has 1 atom stereocenters. The van der Waals surface area contributed by atoms with Gasteiger partial charge in [0, 0.05) is 24.0 Å². The lowest BCUT2D eigenvalue weighted by Crippen LogP contribution is -2.44. The number of hydrogen-bond acceptors (Lipinski definition) is 4. The molecule has 23 heavy (non-hydrogen) atoms. The summed E-state index contributed by atoms with van der Waals surface area (Å²) in [6.45, 7) is 1.75. The Bertz CT molecular complexity index is 782. The number of amides is 1. The second kappa shape index (κ2) is 7.54. The van der Waals surface area contributed by atoms with Gasteiger partial charge in [-0.1, -0.05) is 23.7 Å². The first-order valence-corrected chi connectivity index (χ1v) is 8.69. The number of rotatable bonds is 6. The lowest BCUT2D eigenvalue weighted by Gasteiger charge is -2.14. The van der Waals surface area contributed by atoms with Gasteiger partial charge in [0.15, 0.2) is 0 Å². The number of pyridine rings is 1. The molecule has 1 heterocycles. The number of benzene rings is 1. The van der Waals surface area contributed by atoms with Gasteiger partial charge in [-0.15, -0.1) is 0 Å². The number of sulfonamides is 1. The largest absolute Gasteiger partial charge is 0.351 e. The molecule has 1 aromatic heterocycles. The van der Waals surface area contributed by atoms with Crippen molar-refractivity contribution in [2.24, 2.45) is 0 Å². The zero-order valence-electron chi connectivity index (χ0n) is 12.4. The molecule has 0 aliphatic heterocycles. The Labute approximate surface area is 139 Å². The van der Waals surface area contributed by atoms with Crippen LogP contribution in [-0.2, 0) is 21.4 Å². The van der Waals surface area contributed by atoms with Crippen LogP contribution in [0.25, 0.3) is 0 Å². The molecule has 122 valence electrons. The highest BCUT2D eigenvalue weighted by Gasteiger charge is 2.22. The van der Waals surface area contributed by atoms with Crippen LogP contribution in [0.5, 0.6) is 0 Å². The summed E-state index contributed by atoms with van der Waals surface area (Å²) < 4.78 is 26.7. The second-order valence-electron chi connectivity index (χ2n) is 4.88. The summed E-state index contributed by atoms with van der Waals surface area (Å²) in [6, 6.07) is 8.49. The molecule has 0 fully saturated rings. The Balaban J connectivity index is 1.97. The molecular weight excluding hydrogens is 338 g/mol. The molecule has 0 saturated heterocycles. The maximum Gasteiger partial charge on any atom is 0.241 e. The minimum Gasteiger partial charge on any atom is -0.351 e. The van der Waals surface area contributed by atoms with Crippen molar-refractivity contribution in [1.29, 1.82) is 0 Å². The SMILES string of the molecule is C[C@@H](NS(=O)(=O)c1cccc(Cl)c1)C(=O)NCc1cccnc1. The zero-order chi connectivity index (χ0) is 16.9. The third-order valence-corrected chi connectivity index (χ3v) is 4.79. The fourth-order valence-electron chi connectivity index (χ4n) is 1.83. The summed E-state index contributed by atoms with van der Waals surface area (Å²) in [4.78, 5) is 16.0. The first-order chi connectivity index (χ1) is 10.9. The predicted molar refractivity (Wildman–Crippen MR) is 87.3 cm³/mol. The monoisotopic (exact) mass is 353 g/mol. The van der Waals surface area contributed by atoms with Crippen molar-refractivity contribution >= 4 is 27.5 Å². The summed E-state index contributed by atoms with van der Waals surface area (Å²) in [5.41, 5.74) is 0.825. The molecule has 1 aromatic carbocycles. The molecule has 1 amide bonds. The van der Waals surface area contributed by atoms with Gasteiger partial charge < -0.3 is 5.32 Å². The number of aromatic nitrogens is 1. The van der Waals surface area contributed by atoms with Crippen LogP contribution in [0, 0.1) is 0 Å². The second-order valence-corrected chi connectivity index (χ2v) is 7.03. The van der Waals surface area contributed by atoms with E-state index in [0.29, 0.717) is 5.02 Å². The third kappa shape index (κ3) is 5.02. The molecule has 0 radical (unpaired) electrons. The van der Waals surface area contributed by atoms with Crippen LogP contribution >= 0.6 is 11.6 Å². The molecule has 2 N–H and O–H groups in total. The smallest absolute Gasteiger partial charge is 0.241 e. The fraction of sp³-hybridized carbons (Fsp3) is 0.200. The van der Waals surface area contributed by atoms with Crippen molar-refractivity contribution in [2.75, 3.05) is 0 Å². The Kier molecular flexibility index (Phi) is 5.70. The van der Waals surface area contributed by atoms with E-state index in [-0.39, 0.29) is 11.4 Å². The van der Waals surface area contributed by atoms with Crippen molar-refractivity contribution in [3.8, 4) is 0 Å². The number of carbonyl (C=O) groups excluding carboxylic acids is 1. The average Bonchev–Trinajstić information content (AvgIpc) is 2.53. The van der Waals surface area contributed by atoms with Gasteiger partial charge in [0.2, 0.25) is 15.9 Å². The summed E-state index contributed by atoms with van der Waals surface area (Å²) in [5.74, 6) is -0.431. The minimum atomic E-state index is -3.82. The normalized spacial score (nSPS) is 12.6. The van der Waals surface area contributed by atoms with E-state index in [2.05, 4.69) is 15.0 Å². The molecule has 0 unspecified atom stereocenters. The zero-order valence-corrected chi connectivity index (χ0v) is 13.9. The standard InChI is InChI=1S/C15H16ClN3O3S/c1-11(15(20)18-10-12-4-3-7-17-9-12)19-23(21,22)14-6-2-5-13(16)8-14/h2-9,11,19H,10H2,1H3,(H,18,20)/t11-/m1/s1. The number of carbonyl (C=O) groups is 1. The van der Waals surface area contributed by atoms with E-state index in [4.69, 9.17) is 11.6 Å². The Hall–Kier alpha value is -1.96. The molecule has 0 bridgehead atoms. The van der Waals surface area contributed by atoms with Crippen molar-refractivity contribution in [2.45, 2.75) is 24.4 Å². The van der Waals surface area contributed by atoms with E-state index in [1.165, 1.54) is 25.1 Å². The van der Waals surface area contributed by atoms with Crippen LogP contribution in [0.3, 0.4) is 0 Å². The van der Waals surface area contributed by atoms with Crippen LogP contribution < -0.4 is 10.0 Å². The van der Waals surface area contributed by atoms with Gasteiger partial charge in [0.1, 0.15) is 0 Å². The van der Waals surface area contributed by atoms with E-state index >= 15 is 0 Å². The van der Waals surface area contributed by atoms with Gasteiger partial charge in [-0.2, -0.15) is 4.72 Å². The van der Waals surface area contributed by atoms with Gasteiger partial charge in [0.05, 0.1) is 10.9 Å². The van der Waals surface area contributed by atoms with E-state index < -0.39 is 22.0 Å². The molecule has 2 rings (SSSR count). The first-order valence-electron chi connectivity index (χ1n) is 6.83. The lowest BCUT2D eigenvalue weighted by atomic mass is 10.2. The van der Waals surface area contributed by atoms with E-state index in [0.717, 1.165) is 5.56 Å². The predicted octanol–water partition coefficient (Wildman–Crippen LogP) is 1.72. The maximum atomic E-state index is 12.2. The highest BCUT2D eigenvalue weighted by atomic mass is 35.5. The average molecular weight is 354 g/mol. The van der Waals surface area contributed by atoms with Crippen molar-refractivity contribution in [3.05, 3.63) is 59.4 Å². The van der Waals surface area contributed by atoms with Crippen LogP contribution in [0.2, 0.25) is 5.02 Å². The highest BCUT2D eigenvalue weighted by molar-refractivity contribution is 7.89. The topological polar surface area (TPSA) is 88.2 Å². The number of halogens is 1. The van der Waals surface area contributed by atoms with Gasteiger partial charge >= 0.3 is 0 Å². The Morgan fingerprint density at radius 2 is 2.09 bits per heavy atom. The van der Waals surface area contributed by atoms with Crippen molar-refractivity contribution in [1.82, 2.24) is 15.0 Å². The van der Waals surface area contributed by atoms with Crippen LogP contribution in [0.4, 0.5) is 0 Å². The first kappa shape index (κ1) is 17.4. The fourth-order valence-corrected chi connectivity index (χ4v) is 3.34. The number of nitrogens with one attached hydrogen (secondary N) is 2. The lowest BCUT2D eigenvalue weighted by molar-refractivity contribution is -0.122. The van der Waals surface area contributed by atoms with Gasteiger partial charge in [-0.3, -0.25) is 9.78 Å². The molecule has 0 spiro atoms. The van der Waals surface area contributed by atoms with E-state index in [9.17, 15) is 13.2 Å². The molecule has 0 saturated carbocycles. The highest BCUT2D eigenvalue weighted by Crippen LogP contribution is 2.15. The molecule has 0 aliphatic carbocycles. The molecule has 8 heteroatoms. The minimum absolute atomic E-state index is 0.0110. The maximum absolute atomic E-state index is 12.2. The van der Waals surface area contributed by atoms with Crippen LogP contribution in [0.15, 0.2) is 53.7 Å². The van der Waals surface area contributed by atoms with Gasteiger partial charge in [-0.05, 0) is 36.8 Å². The van der Waals surface area contributed by atoms with Crippen LogP contribution in [0.1, 0.15) is 12.5 Å². The molecule has 6 nitrogen and oxygen atoms in total. The van der Waals surface area contributed by atoms with Crippen molar-refractivity contribution < 1.29 is 13.2 Å². The van der Waals surface area contributed by atoms with Crippen LogP contribution in [-0.4, -0.2) is 25.4 Å². The summed E-state index contributed by atoms with van der Waals surface area (Å²) in [6.07, 6.45) is 3.26.